The van der Waals surface area contributed by atoms with E-state index in [1.807, 2.05) is 0 Å². The quantitative estimate of drug-likeness (QED) is 0.689. The van der Waals surface area contributed by atoms with Crippen molar-refractivity contribution < 1.29 is 19.4 Å². The molecule has 0 bridgehead atoms. The highest BCUT2D eigenvalue weighted by Gasteiger charge is 2.42. The van der Waals surface area contributed by atoms with Crippen LogP contribution in [0.1, 0.15) is 25.7 Å². The van der Waals surface area contributed by atoms with E-state index in [0.717, 1.165) is 12.5 Å². The molecule has 2 atom stereocenters. The number of rotatable bonds is 7. The largest absolute Gasteiger partial charge is 0.481 e. The number of ether oxygens (including phenoxy) is 1. The van der Waals surface area contributed by atoms with Crippen LogP contribution in [0.5, 0.6) is 0 Å². The highest BCUT2D eigenvalue weighted by molar-refractivity contribution is 5.86. The van der Waals surface area contributed by atoms with Crippen LogP contribution in [0.3, 0.4) is 0 Å². The molecule has 0 saturated heterocycles. The van der Waals surface area contributed by atoms with Crippen LogP contribution in [0.4, 0.5) is 0 Å². The van der Waals surface area contributed by atoms with Crippen molar-refractivity contribution in [2.24, 2.45) is 17.8 Å². The second kappa shape index (κ2) is 5.69. The van der Waals surface area contributed by atoms with Gasteiger partial charge in [0.05, 0.1) is 18.4 Å². The van der Waals surface area contributed by atoms with E-state index in [1.165, 1.54) is 12.8 Å². The summed E-state index contributed by atoms with van der Waals surface area (Å²) in [4.78, 5) is 24.5. The fraction of sp³-hybridized carbons (Fsp3) is 0.846. The lowest BCUT2D eigenvalue weighted by molar-refractivity contribution is -0.156. The maximum Gasteiger partial charge on any atom is 0.307 e. The van der Waals surface area contributed by atoms with Crippen LogP contribution >= 0.6 is 0 Å². The van der Waals surface area contributed by atoms with Gasteiger partial charge in [-0.05, 0) is 31.6 Å². The zero-order valence-corrected chi connectivity index (χ0v) is 10.8. The molecule has 0 spiro atoms. The van der Waals surface area contributed by atoms with Crippen LogP contribution in [0, 0.1) is 17.8 Å². The molecule has 1 amide bonds. The van der Waals surface area contributed by atoms with E-state index in [0.29, 0.717) is 26.0 Å². The lowest BCUT2D eigenvalue weighted by Crippen LogP contribution is -2.45. The van der Waals surface area contributed by atoms with Gasteiger partial charge in [-0.25, -0.2) is 0 Å². The zero-order valence-electron chi connectivity index (χ0n) is 10.8. The third-order valence-corrected chi connectivity index (χ3v) is 3.91. The number of carbonyl (C=O) groups excluding carboxylic acids is 1. The Morgan fingerprint density at radius 1 is 1.22 bits per heavy atom. The number of amides is 1. The van der Waals surface area contributed by atoms with E-state index < -0.39 is 11.9 Å². The first-order valence-electron chi connectivity index (χ1n) is 6.65. The molecule has 2 rings (SSSR count). The minimum Gasteiger partial charge on any atom is -0.481 e. The molecule has 102 valence electrons. The standard InChI is InChI=1S/C13H21NO4/c1-14(6-7-18-8-9-2-3-9)12(15)10-4-5-11(10)13(16)17/h9-11H,2-8H2,1H3,(H,16,17). The molecule has 2 unspecified atom stereocenters. The Labute approximate surface area is 107 Å². The molecule has 0 aliphatic heterocycles. The van der Waals surface area contributed by atoms with Gasteiger partial charge in [0.1, 0.15) is 0 Å². The number of hydrogen-bond donors (Lipinski definition) is 1. The summed E-state index contributed by atoms with van der Waals surface area (Å²) < 4.78 is 5.47. The summed E-state index contributed by atoms with van der Waals surface area (Å²) in [5.74, 6) is -0.973. The van der Waals surface area contributed by atoms with Crippen molar-refractivity contribution in [1.29, 1.82) is 0 Å². The number of hydrogen-bond acceptors (Lipinski definition) is 3. The molecule has 0 heterocycles. The number of carboxylic acids is 1. The van der Waals surface area contributed by atoms with E-state index in [4.69, 9.17) is 9.84 Å². The van der Waals surface area contributed by atoms with Gasteiger partial charge in [0.25, 0.3) is 0 Å². The summed E-state index contributed by atoms with van der Waals surface area (Å²) in [5, 5.41) is 8.92. The second-order valence-electron chi connectivity index (χ2n) is 5.41. The van der Waals surface area contributed by atoms with Crippen LogP contribution in [0.15, 0.2) is 0 Å². The monoisotopic (exact) mass is 255 g/mol. The van der Waals surface area contributed by atoms with Gasteiger partial charge in [-0.1, -0.05) is 0 Å². The zero-order chi connectivity index (χ0) is 13.1. The first-order chi connectivity index (χ1) is 8.59. The fourth-order valence-corrected chi connectivity index (χ4v) is 2.22. The van der Waals surface area contributed by atoms with Crippen LogP contribution in [-0.4, -0.2) is 48.7 Å². The topological polar surface area (TPSA) is 66.8 Å². The second-order valence-corrected chi connectivity index (χ2v) is 5.41. The molecule has 5 nitrogen and oxygen atoms in total. The molecule has 2 saturated carbocycles. The minimum absolute atomic E-state index is 0.0522. The molecule has 5 heteroatoms. The summed E-state index contributed by atoms with van der Waals surface area (Å²) in [6.07, 6.45) is 3.84. The number of nitrogens with zero attached hydrogens (tertiary/aromatic N) is 1. The number of aliphatic carboxylic acids is 1. The molecule has 0 aromatic heterocycles. The van der Waals surface area contributed by atoms with Crippen molar-refractivity contribution in [3.8, 4) is 0 Å². The lowest BCUT2D eigenvalue weighted by atomic mass is 9.73. The Bertz CT molecular complexity index is 327. The third kappa shape index (κ3) is 3.22. The average Bonchev–Trinajstić information content (AvgIpc) is 3.05. The molecular weight excluding hydrogens is 234 g/mol. The molecule has 0 aromatic rings. The van der Waals surface area contributed by atoms with Crippen molar-refractivity contribution in [3.05, 3.63) is 0 Å². The molecular formula is C13H21NO4. The van der Waals surface area contributed by atoms with Gasteiger partial charge in [-0.2, -0.15) is 0 Å². The minimum atomic E-state index is -0.849. The van der Waals surface area contributed by atoms with Crippen molar-refractivity contribution in [2.75, 3.05) is 26.8 Å². The number of carbonyl (C=O) groups is 2. The van der Waals surface area contributed by atoms with E-state index >= 15 is 0 Å². The van der Waals surface area contributed by atoms with Crippen molar-refractivity contribution in [2.45, 2.75) is 25.7 Å². The number of carboxylic acid groups (broad SMARTS) is 1. The Kier molecular flexibility index (Phi) is 4.22. The highest BCUT2D eigenvalue weighted by Crippen LogP contribution is 2.35. The predicted molar refractivity (Wildman–Crippen MR) is 65.0 cm³/mol. The molecule has 2 fully saturated rings. The van der Waals surface area contributed by atoms with Gasteiger partial charge in [0, 0.05) is 20.2 Å². The van der Waals surface area contributed by atoms with Gasteiger partial charge in [0.15, 0.2) is 0 Å². The van der Waals surface area contributed by atoms with Crippen LogP contribution < -0.4 is 0 Å². The van der Waals surface area contributed by atoms with Crippen LogP contribution in [-0.2, 0) is 14.3 Å². The van der Waals surface area contributed by atoms with Gasteiger partial charge in [-0.3, -0.25) is 9.59 Å². The van der Waals surface area contributed by atoms with Gasteiger partial charge < -0.3 is 14.7 Å². The van der Waals surface area contributed by atoms with Crippen molar-refractivity contribution >= 4 is 11.9 Å². The molecule has 18 heavy (non-hydrogen) atoms. The van der Waals surface area contributed by atoms with Crippen molar-refractivity contribution in [3.63, 3.8) is 0 Å². The lowest BCUT2D eigenvalue weighted by Gasteiger charge is -2.34. The summed E-state index contributed by atoms with van der Waals surface area (Å²) in [7, 11) is 1.72. The normalized spacial score (nSPS) is 26.5. The summed E-state index contributed by atoms with van der Waals surface area (Å²) in [6.45, 7) is 1.89. The first-order valence-corrected chi connectivity index (χ1v) is 6.65. The maximum atomic E-state index is 12.0. The Morgan fingerprint density at radius 2 is 1.89 bits per heavy atom. The first kappa shape index (κ1) is 13.3. The Hall–Kier alpha value is -1.10. The third-order valence-electron chi connectivity index (χ3n) is 3.91. The molecule has 1 N–H and O–H groups in total. The van der Waals surface area contributed by atoms with Gasteiger partial charge in [0.2, 0.25) is 5.91 Å². The SMILES string of the molecule is CN(CCOCC1CC1)C(=O)C1CCC1C(=O)O. The smallest absolute Gasteiger partial charge is 0.307 e. The molecule has 2 aliphatic rings. The number of likely N-dealkylation sites (N-methyl/N-ethyl adjacent to an activating group) is 1. The predicted octanol–water partition coefficient (Wildman–Crippen LogP) is 0.982. The summed E-state index contributed by atoms with van der Waals surface area (Å²) >= 11 is 0. The highest BCUT2D eigenvalue weighted by atomic mass is 16.5. The van der Waals surface area contributed by atoms with E-state index in [1.54, 1.807) is 11.9 Å². The average molecular weight is 255 g/mol. The maximum absolute atomic E-state index is 12.0. The van der Waals surface area contributed by atoms with Crippen LogP contribution in [0.2, 0.25) is 0 Å². The van der Waals surface area contributed by atoms with E-state index in [-0.39, 0.29) is 11.8 Å². The molecule has 0 radical (unpaired) electrons. The Morgan fingerprint density at radius 3 is 2.39 bits per heavy atom. The summed E-state index contributed by atoms with van der Waals surface area (Å²) in [6, 6.07) is 0. The summed E-state index contributed by atoms with van der Waals surface area (Å²) in [5.41, 5.74) is 0. The fourth-order valence-electron chi connectivity index (χ4n) is 2.22. The molecule has 0 aromatic carbocycles. The molecule has 2 aliphatic carbocycles. The van der Waals surface area contributed by atoms with Crippen LogP contribution in [0.25, 0.3) is 0 Å². The Balaban J connectivity index is 1.65. The van der Waals surface area contributed by atoms with E-state index in [9.17, 15) is 9.59 Å². The van der Waals surface area contributed by atoms with Gasteiger partial charge >= 0.3 is 5.97 Å². The van der Waals surface area contributed by atoms with Crippen molar-refractivity contribution in [1.82, 2.24) is 4.90 Å². The van der Waals surface area contributed by atoms with E-state index in [2.05, 4.69) is 0 Å². The van der Waals surface area contributed by atoms with Gasteiger partial charge in [-0.15, -0.1) is 0 Å².